The third kappa shape index (κ3) is 3.63. The maximum Gasteiger partial charge on any atom is 0.210 e. The molecule has 1 aliphatic heterocycles. The maximum absolute atomic E-state index is 13.2. The van der Waals surface area contributed by atoms with Gasteiger partial charge in [0.2, 0.25) is 5.78 Å². The minimum atomic E-state index is -3.28. The molecule has 0 radical (unpaired) electrons. The van der Waals surface area contributed by atoms with E-state index in [0.29, 0.717) is 29.2 Å². The Bertz CT molecular complexity index is 1030. The minimum Gasteiger partial charge on any atom is -0.478 e. The van der Waals surface area contributed by atoms with E-state index in [1.807, 2.05) is 31.2 Å². The molecule has 1 unspecified atom stereocenters. The van der Waals surface area contributed by atoms with Crippen molar-refractivity contribution in [2.75, 3.05) is 6.26 Å². The number of Topliss-reactive ketones (excluding diaryl/α,β-unsaturated/α-hetero) is 1. The maximum atomic E-state index is 13.2. The van der Waals surface area contributed by atoms with Crippen molar-refractivity contribution >= 4 is 27.0 Å². The normalized spacial score (nSPS) is 20.0. The van der Waals surface area contributed by atoms with Gasteiger partial charge in [0.1, 0.15) is 5.76 Å². The topological polar surface area (TPSA) is 60.4 Å². The number of benzene rings is 2. The third-order valence-electron chi connectivity index (χ3n) is 5.35. The molecule has 0 aliphatic carbocycles. The summed E-state index contributed by atoms with van der Waals surface area (Å²) in [6, 6.07) is 14.5. The van der Waals surface area contributed by atoms with Gasteiger partial charge in [-0.1, -0.05) is 45.0 Å². The molecule has 0 saturated heterocycles. The van der Waals surface area contributed by atoms with E-state index < -0.39 is 15.4 Å². The molecular weight excluding hydrogens is 372 g/mol. The predicted molar refractivity (Wildman–Crippen MR) is 112 cm³/mol. The van der Waals surface area contributed by atoms with Crippen LogP contribution in [0.5, 0.6) is 0 Å². The van der Waals surface area contributed by atoms with Crippen molar-refractivity contribution in [2.45, 2.75) is 50.5 Å². The standard InChI is InChI=1S/C23H26O4S/c1-6-23(4)22(24)20(17-9-7-16(8-10-17)15(2)3)21(27-23)18-11-13-19(14-12-18)28(5,25)26/h7-15H,6H2,1-5H3. The van der Waals surface area contributed by atoms with Crippen LogP contribution in [0.2, 0.25) is 0 Å². The molecule has 0 spiro atoms. The fourth-order valence-corrected chi connectivity index (χ4v) is 3.91. The van der Waals surface area contributed by atoms with Crippen molar-refractivity contribution in [1.29, 1.82) is 0 Å². The van der Waals surface area contributed by atoms with Gasteiger partial charge in [0.25, 0.3) is 0 Å². The predicted octanol–water partition coefficient (Wildman–Crippen LogP) is 4.85. The summed E-state index contributed by atoms with van der Waals surface area (Å²) < 4.78 is 29.6. The number of rotatable bonds is 5. The fourth-order valence-electron chi connectivity index (χ4n) is 3.28. The van der Waals surface area contributed by atoms with Crippen molar-refractivity contribution in [3.63, 3.8) is 0 Å². The molecule has 5 heteroatoms. The van der Waals surface area contributed by atoms with Crippen molar-refractivity contribution in [2.24, 2.45) is 0 Å². The number of ketones is 1. The number of carbonyl (C=O) groups is 1. The Hall–Kier alpha value is -2.40. The molecule has 0 amide bonds. The van der Waals surface area contributed by atoms with E-state index in [1.54, 1.807) is 31.2 Å². The van der Waals surface area contributed by atoms with Gasteiger partial charge in [0.05, 0.1) is 10.5 Å². The lowest BCUT2D eigenvalue weighted by molar-refractivity contribution is -0.126. The molecule has 148 valence electrons. The summed E-state index contributed by atoms with van der Waals surface area (Å²) in [5.74, 6) is 0.864. The summed E-state index contributed by atoms with van der Waals surface area (Å²) in [4.78, 5) is 13.4. The summed E-state index contributed by atoms with van der Waals surface area (Å²) in [5.41, 5.74) is 2.34. The number of ether oxygens (including phenoxy) is 1. The molecule has 1 aliphatic rings. The first-order valence-electron chi connectivity index (χ1n) is 9.45. The van der Waals surface area contributed by atoms with Crippen molar-refractivity contribution in [1.82, 2.24) is 0 Å². The molecule has 1 heterocycles. The van der Waals surface area contributed by atoms with Crippen LogP contribution in [0, 0.1) is 0 Å². The van der Waals surface area contributed by atoms with E-state index in [0.717, 1.165) is 5.56 Å². The Morgan fingerprint density at radius 1 is 0.964 bits per heavy atom. The molecule has 3 rings (SSSR count). The van der Waals surface area contributed by atoms with Gasteiger partial charge < -0.3 is 4.74 Å². The number of carbonyl (C=O) groups excluding carboxylic acids is 1. The lowest BCUT2D eigenvalue weighted by Crippen LogP contribution is -2.32. The second kappa shape index (κ2) is 7.21. The smallest absolute Gasteiger partial charge is 0.210 e. The summed E-state index contributed by atoms with van der Waals surface area (Å²) in [7, 11) is -3.28. The summed E-state index contributed by atoms with van der Waals surface area (Å²) in [6.07, 6.45) is 1.72. The molecule has 0 fully saturated rings. The van der Waals surface area contributed by atoms with E-state index >= 15 is 0 Å². The van der Waals surface area contributed by atoms with E-state index in [-0.39, 0.29) is 10.7 Å². The first-order valence-corrected chi connectivity index (χ1v) is 11.3. The summed E-state index contributed by atoms with van der Waals surface area (Å²) >= 11 is 0. The molecule has 28 heavy (non-hydrogen) atoms. The molecule has 0 saturated carbocycles. The van der Waals surface area contributed by atoms with Crippen molar-refractivity contribution in [3.8, 4) is 0 Å². The van der Waals surface area contributed by atoms with Crippen LogP contribution in [0.15, 0.2) is 53.4 Å². The van der Waals surface area contributed by atoms with E-state index in [4.69, 9.17) is 4.74 Å². The lowest BCUT2D eigenvalue weighted by atomic mass is 9.89. The van der Waals surface area contributed by atoms with Gasteiger partial charge in [-0.3, -0.25) is 4.79 Å². The average molecular weight is 399 g/mol. The molecule has 4 nitrogen and oxygen atoms in total. The molecule has 1 atom stereocenters. The van der Waals surface area contributed by atoms with Crippen LogP contribution >= 0.6 is 0 Å². The molecular formula is C23H26O4S. The highest BCUT2D eigenvalue weighted by Crippen LogP contribution is 2.43. The second-order valence-electron chi connectivity index (χ2n) is 7.79. The molecule has 2 aromatic carbocycles. The van der Waals surface area contributed by atoms with E-state index in [1.165, 1.54) is 11.8 Å². The Kier molecular flexibility index (Phi) is 5.24. The van der Waals surface area contributed by atoms with Crippen LogP contribution in [0.1, 0.15) is 56.7 Å². The van der Waals surface area contributed by atoms with Crippen LogP contribution in [-0.4, -0.2) is 26.1 Å². The number of sulfone groups is 1. The quantitative estimate of drug-likeness (QED) is 0.722. The van der Waals surface area contributed by atoms with E-state index in [9.17, 15) is 13.2 Å². The van der Waals surface area contributed by atoms with Gasteiger partial charge in [-0.05, 0) is 54.7 Å². The van der Waals surface area contributed by atoms with Gasteiger partial charge in [-0.2, -0.15) is 0 Å². The van der Waals surface area contributed by atoms with Gasteiger partial charge in [-0.15, -0.1) is 0 Å². The van der Waals surface area contributed by atoms with Gasteiger partial charge in [0, 0.05) is 11.8 Å². The van der Waals surface area contributed by atoms with E-state index in [2.05, 4.69) is 13.8 Å². The average Bonchev–Trinajstić information content (AvgIpc) is 2.93. The first kappa shape index (κ1) is 20.3. The van der Waals surface area contributed by atoms with Crippen LogP contribution < -0.4 is 0 Å². The minimum absolute atomic E-state index is 0.0468. The zero-order chi connectivity index (χ0) is 20.7. The second-order valence-corrected chi connectivity index (χ2v) is 9.81. The SMILES string of the molecule is CCC1(C)OC(c2ccc(S(C)(=O)=O)cc2)=C(c2ccc(C(C)C)cc2)C1=O. The molecule has 0 bridgehead atoms. The summed E-state index contributed by atoms with van der Waals surface area (Å²) in [6.45, 7) is 7.98. The Labute approximate surface area is 167 Å². The van der Waals surface area contributed by atoms with Gasteiger partial charge in [0.15, 0.2) is 15.4 Å². The zero-order valence-electron chi connectivity index (χ0n) is 16.9. The zero-order valence-corrected chi connectivity index (χ0v) is 17.8. The first-order chi connectivity index (χ1) is 13.1. The van der Waals surface area contributed by atoms with Crippen LogP contribution in [0.25, 0.3) is 11.3 Å². The Morgan fingerprint density at radius 2 is 1.50 bits per heavy atom. The van der Waals surface area contributed by atoms with Crippen molar-refractivity contribution in [3.05, 3.63) is 65.2 Å². The Morgan fingerprint density at radius 3 is 1.96 bits per heavy atom. The van der Waals surface area contributed by atoms with Crippen LogP contribution in [0.4, 0.5) is 0 Å². The number of hydrogen-bond donors (Lipinski definition) is 0. The fraction of sp³-hybridized carbons (Fsp3) is 0.348. The monoisotopic (exact) mass is 398 g/mol. The van der Waals surface area contributed by atoms with Gasteiger partial charge in [-0.25, -0.2) is 8.42 Å². The number of hydrogen-bond acceptors (Lipinski definition) is 4. The lowest BCUT2D eigenvalue weighted by Gasteiger charge is -2.21. The molecule has 2 aromatic rings. The van der Waals surface area contributed by atoms with Crippen LogP contribution in [-0.2, 0) is 19.4 Å². The Balaban J connectivity index is 2.13. The summed E-state index contributed by atoms with van der Waals surface area (Å²) in [5, 5.41) is 0. The van der Waals surface area contributed by atoms with Gasteiger partial charge >= 0.3 is 0 Å². The highest BCUT2D eigenvalue weighted by atomic mass is 32.2. The molecule has 0 N–H and O–H groups in total. The third-order valence-corrected chi connectivity index (χ3v) is 6.48. The molecule has 0 aromatic heterocycles. The van der Waals surface area contributed by atoms with Crippen molar-refractivity contribution < 1.29 is 17.9 Å². The highest BCUT2D eigenvalue weighted by Gasteiger charge is 2.45. The van der Waals surface area contributed by atoms with Crippen LogP contribution in [0.3, 0.4) is 0 Å². The largest absolute Gasteiger partial charge is 0.478 e. The highest BCUT2D eigenvalue weighted by molar-refractivity contribution is 7.90.